The van der Waals surface area contributed by atoms with E-state index in [0.29, 0.717) is 24.8 Å². The first-order valence-corrected chi connectivity index (χ1v) is 5.96. The molecule has 0 heterocycles. The summed E-state index contributed by atoms with van der Waals surface area (Å²) < 4.78 is 14.3. The Morgan fingerprint density at radius 2 is 1.93 bits per heavy atom. The molecule has 84 valence electrons. The Bertz CT molecular complexity index is 334. The molecule has 1 aromatic rings. The van der Waals surface area contributed by atoms with Crippen molar-refractivity contribution in [3.63, 3.8) is 0 Å². The second kappa shape index (κ2) is 5.08. The van der Waals surface area contributed by atoms with Gasteiger partial charge >= 0.3 is 0 Å². The van der Waals surface area contributed by atoms with Crippen LogP contribution in [0.2, 0.25) is 0 Å². The molecule has 1 nitrogen and oxygen atoms in total. The summed E-state index contributed by atoms with van der Waals surface area (Å²) in [6.45, 7) is 3.83. The lowest BCUT2D eigenvalue weighted by molar-refractivity contribution is 0.0318. The molecular weight excluding hydrogens is 259 g/mol. The van der Waals surface area contributed by atoms with Crippen LogP contribution in [0.25, 0.3) is 0 Å². The smallest absolute Gasteiger partial charge is 0.126 e. The molecule has 0 aliphatic carbocycles. The standard InChI is InChI=1S/C12H16BrFO/c1-3-12(15,4-2)8-9-7-10(13)5-6-11(9)14/h5-7,15H,3-4,8H2,1-2H3. The van der Waals surface area contributed by atoms with Crippen LogP contribution in [0.4, 0.5) is 4.39 Å². The maximum atomic E-state index is 13.4. The van der Waals surface area contributed by atoms with Crippen LogP contribution in [-0.4, -0.2) is 10.7 Å². The molecular formula is C12H16BrFO. The van der Waals surface area contributed by atoms with Crippen molar-refractivity contribution in [2.24, 2.45) is 0 Å². The number of aliphatic hydroxyl groups is 1. The summed E-state index contributed by atoms with van der Waals surface area (Å²) in [6, 6.07) is 4.81. The van der Waals surface area contributed by atoms with Crippen LogP contribution >= 0.6 is 15.9 Å². The Labute approximate surface area is 98.4 Å². The fourth-order valence-corrected chi connectivity index (χ4v) is 1.94. The number of rotatable bonds is 4. The van der Waals surface area contributed by atoms with E-state index in [2.05, 4.69) is 15.9 Å². The van der Waals surface area contributed by atoms with Gasteiger partial charge in [0, 0.05) is 10.9 Å². The highest BCUT2D eigenvalue weighted by atomic mass is 79.9. The first-order chi connectivity index (χ1) is 7.00. The third-order valence-electron chi connectivity index (χ3n) is 2.84. The molecule has 0 atom stereocenters. The Morgan fingerprint density at radius 1 is 1.33 bits per heavy atom. The maximum Gasteiger partial charge on any atom is 0.126 e. The van der Waals surface area contributed by atoms with Gasteiger partial charge in [-0.25, -0.2) is 4.39 Å². The molecule has 0 saturated carbocycles. The maximum absolute atomic E-state index is 13.4. The van der Waals surface area contributed by atoms with Gasteiger partial charge in [-0.2, -0.15) is 0 Å². The van der Waals surface area contributed by atoms with Crippen molar-refractivity contribution in [2.45, 2.75) is 38.7 Å². The molecule has 15 heavy (non-hydrogen) atoms. The fraction of sp³-hybridized carbons (Fsp3) is 0.500. The molecule has 0 amide bonds. The van der Waals surface area contributed by atoms with Gasteiger partial charge in [0.2, 0.25) is 0 Å². The minimum atomic E-state index is -0.790. The average molecular weight is 275 g/mol. The van der Waals surface area contributed by atoms with E-state index in [-0.39, 0.29) is 5.82 Å². The van der Waals surface area contributed by atoms with Crippen LogP contribution in [0, 0.1) is 5.82 Å². The van der Waals surface area contributed by atoms with Gasteiger partial charge in [-0.3, -0.25) is 0 Å². The van der Waals surface area contributed by atoms with Crippen molar-refractivity contribution < 1.29 is 9.50 Å². The van der Waals surface area contributed by atoms with E-state index in [0.717, 1.165) is 4.47 Å². The zero-order valence-corrected chi connectivity index (χ0v) is 10.6. The largest absolute Gasteiger partial charge is 0.390 e. The average Bonchev–Trinajstić information content (AvgIpc) is 2.23. The lowest BCUT2D eigenvalue weighted by Crippen LogP contribution is -2.29. The molecule has 3 heteroatoms. The molecule has 0 aliphatic rings. The molecule has 0 aliphatic heterocycles. The normalized spacial score (nSPS) is 11.8. The highest BCUT2D eigenvalue weighted by molar-refractivity contribution is 9.10. The van der Waals surface area contributed by atoms with Gasteiger partial charge in [0.15, 0.2) is 0 Å². The first-order valence-electron chi connectivity index (χ1n) is 5.17. The Kier molecular flexibility index (Phi) is 4.29. The first kappa shape index (κ1) is 12.7. The fourth-order valence-electron chi connectivity index (χ4n) is 1.53. The second-order valence-corrected chi connectivity index (χ2v) is 4.76. The molecule has 1 rings (SSSR count). The summed E-state index contributed by atoms with van der Waals surface area (Å²) in [5.41, 5.74) is -0.225. The van der Waals surface area contributed by atoms with Gasteiger partial charge in [-0.05, 0) is 36.6 Å². The van der Waals surface area contributed by atoms with Crippen LogP contribution in [0.15, 0.2) is 22.7 Å². The van der Waals surface area contributed by atoms with Crippen LogP contribution in [0.3, 0.4) is 0 Å². The third kappa shape index (κ3) is 3.28. The van der Waals surface area contributed by atoms with Crippen molar-refractivity contribution in [1.29, 1.82) is 0 Å². The van der Waals surface area contributed by atoms with E-state index in [1.54, 1.807) is 12.1 Å². The third-order valence-corrected chi connectivity index (χ3v) is 3.34. The van der Waals surface area contributed by atoms with Crippen LogP contribution < -0.4 is 0 Å². The molecule has 0 unspecified atom stereocenters. The van der Waals surface area contributed by atoms with E-state index < -0.39 is 5.60 Å². The minimum Gasteiger partial charge on any atom is -0.390 e. The highest BCUT2D eigenvalue weighted by Crippen LogP contribution is 2.24. The summed E-state index contributed by atoms with van der Waals surface area (Å²) in [5, 5.41) is 10.1. The molecule has 1 N–H and O–H groups in total. The SMILES string of the molecule is CCC(O)(CC)Cc1cc(Br)ccc1F. The lowest BCUT2D eigenvalue weighted by atomic mass is 9.89. The molecule has 0 radical (unpaired) electrons. The number of hydrogen-bond acceptors (Lipinski definition) is 1. The lowest BCUT2D eigenvalue weighted by Gasteiger charge is -2.25. The van der Waals surface area contributed by atoms with Crippen molar-refractivity contribution in [3.8, 4) is 0 Å². The Morgan fingerprint density at radius 3 is 2.47 bits per heavy atom. The van der Waals surface area contributed by atoms with Crippen LogP contribution in [0.5, 0.6) is 0 Å². The summed E-state index contributed by atoms with van der Waals surface area (Å²) in [5.74, 6) is -0.251. The van der Waals surface area contributed by atoms with E-state index in [9.17, 15) is 9.50 Å². The van der Waals surface area contributed by atoms with Crippen molar-refractivity contribution >= 4 is 15.9 Å². The molecule has 0 aromatic heterocycles. The number of halogens is 2. The molecule has 1 aromatic carbocycles. The highest BCUT2D eigenvalue weighted by Gasteiger charge is 2.24. The van der Waals surface area contributed by atoms with Crippen LogP contribution in [-0.2, 0) is 6.42 Å². The van der Waals surface area contributed by atoms with Gasteiger partial charge in [0.25, 0.3) is 0 Å². The summed E-state index contributed by atoms with van der Waals surface area (Å²) in [4.78, 5) is 0. The van der Waals surface area contributed by atoms with Gasteiger partial charge in [0.05, 0.1) is 5.60 Å². The van der Waals surface area contributed by atoms with E-state index in [1.165, 1.54) is 6.07 Å². The molecule has 0 bridgehead atoms. The van der Waals surface area contributed by atoms with Gasteiger partial charge in [-0.1, -0.05) is 29.8 Å². The topological polar surface area (TPSA) is 20.2 Å². The summed E-state index contributed by atoms with van der Waals surface area (Å²) >= 11 is 3.30. The van der Waals surface area contributed by atoms with Gasteiger partial charge in [-0.15, -0.1) is 0 Å². The predicted molar refractivity (Wildman–Crippen MR) is 63.3 cm³/mol. The quantitative estimate of drug-likeness (QED) is 0.888. The van der Waals surface area contributed by atoms with Crippen LogP contribution in [0.1, 0.15) is 32.3 Å². The molecule has 0 saturated heterocycles. The monoisotopic (exact) mass is 274 g/mol. The van der Waals surface area contributed by atoms with Gasteiger partial charge < -0.3 is 5.11 Å². The minimum absolute atomic E-state index is 0.251. The van der Waals surface area contributed by atoms with E-state index in [4.69, 9.17) is 0 Å². The van der Waals surface area contributed by atoms with E-state index in [1.807, 2.05) is 13.8 Å². The summed E-state index contributed by atoms with van der Waals surface area (Å²) in [6.07, 6.45) is 1.64. The number of benzene rings is 1. The Hall–Kier alpha value is -0.410. The van der Waals surface area contributed by atoms with Crippen molar-refractivity contribution in [3.05, 3.63) is 34.1 Å². The van der Waals surface area contributed by atoms with E-state index >= 15 is 0 Å². The summed E-state index contributed by atoms with van der Waals surface area (Å²) in [7, 11) is 0. The molecule has 0 fully saturated rings. The van der Waals surface area contributed by atoms with Crippen molar-refractivity contribution in [1.82, 2.24) is 0 Å². The zero-order chi connectivity index (χ0) is 11.5. The Balaban J connectivity index is 2.92. The predicted octanol–water partition coefficient (Wildman–Crippen LogP) is 3.68. The van der Waals surface area contributed by atoms with Crippen molar-refractivity contribution in [2.75, 3.05) is 0 Å². The zero-order valence-electron chi connectivity index (χ0n) is 9.06. The van der Waals surface area contributed by atoms with Gasteiger partial charge in [0.1, 0.15) is 5.82 Å². The molecule has 0 spiro atoms. The number of hydrogen-bond donors (Lipinski definition) is 1. The second-order valence-electron chi connectivity index (χ2n) is 3.84.